The Hall–Kier alpha value is -1.10. The largest absolute Gasteiger partial charge is 0.465 e. The molecule has 5 nitrogen and oxygen atoms in total. The summed E-state index contributed by atoms with van der Waals surface area (Å²) < 4.78 is 4.80. The molecule has 0 aromatic carbocycles. The van der Waals surface area contributed by atoms with Gasteiger partial charge in [0.2, 0.25) is 5.91 Å². The lowest BCUT2D eigenvalue weighted by molar-refractivity contribution is -0.145. The summed E-state index contributed by atoms with van der Waals surface area (Å²) in [5.41, 5.74) is 5.21. The second kappa shape index (κ2) is 4.95. The number of nitrogens with two attached hydrogens (primary N) is 1. The van der Waals surface area contributed by atoms with Crippen LogP contribution in [0.4, 0.5) is 0 Å². The molecule has 0 saturated carbocycles. The molecule has 0 aliphatic carbocycles. The summed E-state index contributed by atoms with van der Waals surface area (Å²) in [5, 5.41) is 0. The number of hydrogen-bond donors (Lipinski definition) is 1. The number of esters is 1. The molecule has 0 radical (unpaired) electrons. The van der Waals surface area contributed by atoms with Crippen LogP contribution in [0.15, 0.2) is 0 Å². The maximum atomic E-state index is 11.2. The average molecular weight is 200 g/mol. The van der Waals surface area contributed by atoms with Crippen LogP contribution >= 0.6 is 0 Å². The third-order valence-corrected chi connectivity index (χ3v) is 2.33. The second-order valence-corrected chi connectivity index (χ2v) is 3.34. The smallest absolute Gasteiger partial charge is 0.320 e. The van der Waals surface area contributed by atoms with Gasteiger partial charge in [0.1, 0.15) is 0 Å². The van der Waals surface area contributed by atoms with Crippen molar-refractivity contribution in [2.75, 3.05) is 19.7 Å². The van der Waals surface area contributed by atoms with Gasteiger partial charge in [0.25, 0.3) is 0 Å². The molecule has 2 N–H and O–H groups in total. The zero-order valence-corrected chi connectivity index (χ0v) is 8.36. The van der Waals surface area contributed by atoms with Gasteiger partial charge in [-0.25, -0.2) is 0 Å². The van der Waals surface area contributed by atoms with E-state index in [-0.39, 0.29) is 24.5 Å². The lowest BCUT2D eigenvalue weighted by Crippen LogP contribution is -2.43. The molecule has 1 heterocycles. The molecule has 1 aliphatic heterocycles. The van der Waals surface area contributed by atoms with Crippen molar-refractivity contribution in [2.45, 2.75) is 25.8 Å². The van der Waals surface area contributed by atoms with Crippen molar-refractivity contribution in [3.63, 3.8) is 0 Å². The molecular formula is C9H16N2O3. The first-order valence-electron chi connectivity index (χ1n) is 4.84. The number of carbonyl (C=O) groups excluding carboxylic acids is 2. The van der Waals surface area contributed by atoms with E-state index in [9.17, 15) is 9.59 Å². The van der Waals surface area contributed by atoms with E-state index in [4.69, 9.17) is 10.5 Å². The van der Waals surface area contributed by atoms with Crippen LogP contribution in [0, 0.1) is 0 Å². The first-order valence-corrected chi connectivity index (χ1v) is 4.84. The van der Waals surface area contributed by atoms with Crippen molar-refractivity contribution in [3.8, 4) is 0 Å². The van der Waals surface area contributed by atoms with E-state index >= 15 is 0 Å². The number of hydrogen-bond acceptors (Lipinski definition) is 4. The van der Waals surface area contributed by atoms with Crippen LogP contribution in [0.2, 0.25) is 0 Å². The predicted octanol–water partition coefficient (Wildman–Crippen LogP) is -0.501. The Morgan fingerprint density at radius 1 is 1.57 bits per heavy atom. The van der Waals surface area contributed by atoms with Crippen LogP contribution in [0.5, 0.6) is 0 Å². The molecule has 14 heavy (non-hydrogen) atoms. The van der Waals surface area contributed by atoms with Gasteiger partial charge < -0.3 is 10.5 Å². The zero-order valence-electron chi connectivity index (χ0n) is 8.36. The first kappa shape index (κ1) is 11.0. The Morgan fingerprint density at radius 3 is 2.86 bits per heavy atom. The van der Waals surface area contributed by atoms with E-state index in [0.29, 0.717) is 6.61 Å². The minimum absolute atomic E-state index is 0.168. The first-order chi connectivity index (χ1) is 6.65. The molecule has 0 bridgehead atoms. The van der Waals surface area contributed by atoms with Gasteiger partial charge in [-0.1, -0.05) is 0 Å². The SMILES string of the molecule is CCOC(=O)CN1CCCC1C(N)=O. The molecule has 1 fully saturated rings. The van der Waals surface area contributed by atoms with Crippen molar-refractivity contribution >= 4 is 11.9 Å². The van der Waals surface area contributed by atoms with Crippen LogP contribution < -0.4 is 5.73 Å². The highest BCUT2D eigenvalue weighted by Crippen LogP contribution is 2.16. The van der Waals surface area contributed by atoms with Crippen LogP contribution in [0.25, 0.3) is 0 Å². The summed E-state index contributed by atoms with van der Waals surface area (Å²) in [6, 6.07) is -0.292. The summed E-state index contributed by atoms with van der Waals surface area (Å²) in [6.45, 7) is 3.04. The molecule has 1 amide bonds. The van der Waals surface area contributed by atoms with Gasteiger partial charge in [-0.05, 0) is 26.3 Å². The van der Waals surface area contributed by atoms with Crippen LogP contribution in [-0.4, -0.2) is 42.5 Å². The third kappa shape index (κ3) is 2.70. The summed E-state index contributed by atoms with van der Waals surface area (Å²) in [7, 11) is 0. The highest BCUT2D eigenvalue weighted by Gasteiger charge is 2.30. The standard InChI is InChI=1S/C9H16N2O3/c1-2-14-8(12)6-11-5-3-4-7(11)9(10)13/h7H,2-6H2,1H3,(H2,10,13). The van der Waals surface area contributed by atoms with Gasteiger partial charge in [-0.2, -0.15) is 0 Å². The van der Waals surface area contributed by atoms with Crippen LogP contribution in [0.3, 0.4) is 0 Å². The van der Waals surface area contributed by atoms with Crippen molar-refractivity contribution in [1.29, 1.82) is 0 Å². The van der Waals surface area contributed by atoms with Crippen LogP contribution in [0.1, 0.15) is 19.8 Å². The second-order valence-electron chi connectivity index (χ2n) is 3.34. The molecular weight excluding hydrogens is 184 g/mol. The van der Waals surface area contributed by atoms with Gasteiger partial charge in [-0.15, -0.1) is 0 Å². The Morgan fingerprint density at radius 2 is 2.29 bits per heavy atom. The lowest BCUT2D eigenvalue weighted by Gasteiger charge is -2.20. The maximum Gasteiger partial charge on any atom is 0.320 e. The minimum Gasteiger partial charge on any atom is -0.465 e. The molecule has 0 aromatic heterocycles. The molecule has 1 rings (SSSR count). The highest BCUT2D eigenvalue weighted by molar-refractivity contribution is 5.81. The third-order valence-electron chi connectivity index (χ3n) is 2.33. The van der Waals surface area contributed by atoms with Crippen molar-refractivity contribution < 1.29 is 14.3 Å². The Bertz CT molecular complexity index is 230. The van der Waals surface area contributed by atoms with Crippen molar-refractivity contribution in [2.24, 2.45) is 5.73 Å². The van der Waals surface area contributed by atoms with Gasteiger partial charge in [0, 0.05) is 0 Å². The number of primary amides is 1. The summed E-state index contributed by atoms with van der Waals surface area (Å²) >= 11 is 0. The summed E-state index contributed by atoms with van der Waals surface area (Å²) in [6.07, 6.45) is 1.65. The Balaban J connectivity index is 2.43. The number of carbonyl (C=O) groups is 2. The number of rotatable bonds is 4. The molecule has 0 spiro atoms. The Labute approximate surface area is 83.2 Å². The minimum atomic E-state index is -0.355. The van der Waals surface area contributed by atoms with Gasteiger partial charge in [0.15, 0.2) is 0 Å². The topological polar surface area (TPSA) is 72.6 Å². The molecule has 1 unspecified atom stereocenters. The van der Waals surface area contributed by atoms with Gasteiger partial charge in [-0.3, -0.25) is 14.5 Å². The van der Waals surface area contributed by atoms with E-state index in [0.717, 1.165) is 19.4 Å². The van der Waals surface area contributed by atoms with E-state index in [1.165, 1.54) is 0 Å². The van der Waals surface area contributed by atoms with Gasteiger partial charge >= 0.3 is 5.97 Å². The Kier molecular flexibility index (Phi) is 3.88. The van der Waals surface area contributed by atoms with E-state index < -0.39 is 0 Å². The summed E-state index contributed by atoms with van der Waals surface area (Å²) in [4.78, 5) is 23.9. The van der Waals surface area contributed by atoms with E-state index in [1.54, 1.807) is 11.8 Å². The number of likely N-dealkylation sites (tertiary alicyclic amines) is 1. The molecule has 80 valence electrons. The fourth-order valence-electron chi connectivity index (χ4n) is 1.71. The zero-order chi connectivity index (χ0) is 10.6. The molecule has 1 atom stereocenters. The van der Waals surface area contributed by atoms with Crippen molar-refractivity contribution in [1.82, 2.24) is 4.90 Å². The number of ether oxygens (including phenoxy) is 1. The quantitative estimate of drug-likeness (QED) is 0.621. The van der Waals surface area contributed by atoms with Gasteiger partial charge in [0.05, 0.1) is 19.2 Å². The fraction of sp³-hybridized carbons (Fsp3) is 0.778. The van der Waals surface area contributed by atoms with Crippen LogP contribution in [-0.2, 0) is 14.3 Å². The maximum absolute atomic E-state index is 11.2. The lowest BCUT2D eigenvalue weighted by atomic mass is 10.2. The molecule has 0 aromatic rings. The monoisotopic (exact) mass is 200 g/mol. The molecule has 1 saturated heterocycles. The van der Waals surface area contributed by atoms with Crippen molar-refractivity contribution in [3.05, 3.63) is 0 Å². The predicted molar refractivity (Wildman–Crippen MR) is 50.4 cm³/mol. The normalized spacial score (nSPS) is 22.2. The number of nitrogens with zero attached hydrogens (tertiary/aromatic N) is 1. The highest BCUT2D eigenvalue weighted by atomic mass is 16.5. The van der Waals surface area contributed by atoms with E-state index in [1.807, 2.05) is 0 Å². The van der Waals surface area contributed by atoms with E-state index in [2.05, 4.69) is 0 Å². The average Bonchev–Trinajstić information content (AvgIpc) is 2.52. The fourth-order valence-corrected chi connectivity index (χ4v) is 1.71. The summed E-state index contributed by atoms with van der Waals surface area (Å²) in [5.74, 6) is -0.646. The number of amides is 1. The molecule has 5 heteroatoms. The molecule has 1 aliphatic rings.